The standard InChI is InChI=1S/C25H29N3O3/c29-21-9-7-20(8-10-21)28-23-11-6-19(16-22(23)26-25(28)31)24(30)27-14-12-18(13-15-27)17-4-2-1-3-5-17/h1-6,11,16,18,20-21,29H,7-10,12-15H2,(H,26,31). The number of rotatable bonds is 3. The quantitative estimate of drug-likeness (QED) is 0.677. The van der Waals surface area contributed by atoms with E-state index in [1.165, 1.54) is 5.56 Å². The second-order valence-electron chi connectivity index (χ2n) is 8.97. The first-order valence-electron chi connectivity index (χ1n) is 11.4. The number of piperidine rings is 1. The van der Waals surface area contributed by atoms with Gasteiger partial charge in [-0.15, -0.1) is 0 Å². The number of hydrogen-bond donors (Lipinski definition) is 2. The molecule has 1 amide bonds. The number of aromatic nitrogens is 2. The number of imidazole rings is 1. The molecule has 162 valence electrons. The van der Waals surface area contributed by atoms with Crippen molar-refractivity contribution in [3.63, 3.8) is 0 Å². The molecule has 0 unspecified atom stereocenters. The van der Waals surface area contributed by atoms with Gasteiger partial charge in [-0.05, 0) is 68.2 Å². The van der Waals surface area contributed by atoms with E-state index in [0.717, 1.165) is 57.1 Å². The number of fused-ring (bicyclic) bond motifs is 1. The predicted octanol–water partition coefficient (Wildman–Crippen LogP) is 3.83. The Hall–Kier alpha value is -2.86. The Morgan fingerprint density at radius 3 is 2.35 bits per heavy atom. The van der Waals surface area contributed by atoms with Crippen molar-refractivity contribution in [2.45, 2.75) is 56.6 Å². The highest BCUT2D eigenvalue weighted by Crippen LogP contribution is 2.31. The highest BCUT2D eigenvalue weighted by atomic mass is 16.3. The first-order chi connectivity index (χ1) is 15.1. The molecule has 6 nitrogen and oxygen atoms in total. The lowest BCUT2D eigenvalue weighted by Crippen LogP contribution is -2.37. The maximum atomic E-state index is 13.1. The van der Waals surface area contributed by atoms with E-state index in [9.17, 15) is 14.7 Å². The lowest BCUT2D eigenvalue weighted by Gasteiger charge is -2.32. The molecule has 0 atom stereocenters. The van der Waals surface area contributed by atoms with Gasteiger partial charge in [0.1, 0.15) is 0 Å². The van der Waals surface area contributed by atoms with Crippen molar-refractivity contribution in [2.24, 2.45) is 0 Å². The first-order valence-corrected chi connectivity index (χ1v) is 11.4. The van der Waals surface area contributed by atoms with Gasteiger partial charge in [0, 0.05) is 24.7 Å². The van der Waals surface area contributed by atoms with Crippen LogP contribution in [0.25, 0.3) is 11.0 Å². The molecule has 0 radical (unpaired) electrons. The van der Waals surface area contributed by atoms with Gasteiger partial charge in [0.2, 0.25) is 0 Å². The Bertz CT molecular complexity index is 1120. The van der Waals surface area contributed by atoms with Crippen molar-refractivity contribution >= 4 is 16.9 Å². The average molecular weight is 420 g/mol. The van der Waals surface area contributed by atoms with Crippen LogP contribution in [0.3, 0.4) is 0 Å². The number of aliphatic hydroxyl groups excluding tert-OH is 1. The minimum absolute atomic E-state index is 0.0304. The molecule has 3 aromatic rings. The highest BCUT2D eigenvalue weighted by molar-refractivity contribution is 5.97. The van der Waals surface area contributed by atoms with Gasteiger partial charge >= 0.3 is 5.69 Å². The fourth-order valence-electron chi connectivity index (χ4n) is 5.27. The van der Waals surface area contributed by atoms with Gasteiger partial charge in [-0.1, -0.05) is 30.3 Å². The van der Waals surface area contributed by atoms with Crippen LogP contribution in [-0.2, 0) is 0 Å². The zero-order valence-corrected chi connectivity index (χ0v) is 17.7. The number of likely N-dealkylation sites (tertiary alicyclic amines) is 1. The summed E-state index contributed by atoms with van der Waals surface area (Å²) in [6.45, 7) is 1.50. The van der Waals surface area contributed by atoms with Crippen LogP contribution in [0.15, 0.2) is 53.3 Å². The number of aliphatic hydroxyl groups is 1. The van der Waals surface area contributed by atoms with E-state index >= 15 is 0 Å². The molecule has 1 aromatic heterocycles. The third-order valence-corrected chi connectivity index (χ3v) is 7.05. The molecule has 2 aliphatic rings. The molecule has 0 spiro atoms. The molecule has 5 rings (SSSR count). The van der Waals surface area contributed by atoms with Gasteiger partial charge in [-0.2, -0.15) is 0 Å². The number of carbonyl (C=O) groups is 1. The lowest BCUT2D eigenvalue weighted by atomic mass is 9.89. The van der Waals surface area contributed by atoms with Crippen molar-refractivity contribution in [1.29, 1.82) is 0 Å². The zero-order valence-electron chi connectivity index (χ0n) is 17.7. The van der Waals surface area contributed by atoms with Crippen molar-refractivity contribution in [3.05, 3.63) is 70.1 Å². The summed E-state index contributed by atoms with van der Waals surface area (Å²) in [4.78, 5) is 30.6. The Balaban J connectivity index is 1.32. The van der Waals surface area contributed by atoms with Crippen LogP contribution in [0.5, 0.6) is 0 Å². The summed E-state index contributed by atoms with van der Waals surface area (Å²) in [6, 6.07) is 16.2. The average Bonchev–Trinajstić information content (AvgIpc) is 3.15. The van der Waals surface area contributed by atoms with Crippen molar-refractivity contribution < 1.29 is 9.90 Å². The number of aromatic amines is 1. The third kappa shape index (κ3) is 3.92. The number of benzene rings is 2. The monoisotopic (exact) mass is 419 g/mol. The van der Waals surface area contributed by atoms with Crippen molar-refractivity contribution in [1.82, 2.24) is 14.5 Å². The molecule has 31 heavy (non-hydrogen) atoms. The number of H-pyrrole nitrogens is 1. The number of carbonyl (C=O) groups excluding carboxylic acids is 1. The Morgan fingerprint density at radius 1 is 0.935 bits per heavy atom. The van der Waals surface area contributed by atoms with E-state index in [4.69, 9.17) is 0 Å². The van der Waals surface area contributed by atoms with E-state index in [1.807, 2.05) is 29.2 Å². The fourth-order valence-corrected chi connectivity index (χ4v) is 5.27. The fraction of sp³-hybridized carbons (Fsp3) is 0.440. The summed E-state index contributed by atoms with van der Waals surface area (Å²) in [5.74, 6) is 0.537. The minimum Gasteiger partial charge on any atom is -0.393 e. The molecule has 1 saturated heterocycles. The van der Waals surface area contributed by atoms with Gasteiger partial charge in [0.05, 0.1) is 17.1 Å². The van der Waals surface area contributed by atoms with Gasteiger partial charge in [-0.3, -0.25) is 9.36 Å². The normalized spacial score (nSPS) is 22.7. The molecule has 2 heterocycles. The minimum atomic E-state index is -0.257. The number of amides is 1. The largest absolute Gasteiger partial charge is 0.393 e. The van der Waals surface area contributed by atoms with Crippen LogP contribution in [0.4, 0.5) is 0 Å². The van der Waals surface area contributed by atoms with Gasteiger partial charge in [-0.25, -0.2) is 4.79 Å². The van der Waals surface area contributed by atoms with Gasteiger partial charge in [0.25, 0.3) is 5.91 Å². The molecule has 6 heteroatoms. The highest BCUT2D eigenvalue weighted by Gasteiger charge is 2.26. The SMILES string of the molecule is O=C(c1ccc2c(c1)[nH]c(=O)n2C1CCC(O)CC1)N1CCC(c2ccccc2)CC1. The number of nitrogens with one attached hydrogen (secondary N) is 1. The zero-order chi connectivity index (χ0) is 21.4. The van der Waals surface area contributed by atoms with Crippen molar-refractivity contribution in [3.8, 4) is 0 Å². The molecule has 2 N–H and O–H groups in total. The summed E-state index contributed by atoms with van der Waals surface area (Å²) >= 11 is 0. The summed E-state index contributed by atoms with van der Waals surface area (Å²) in [6.07, 6.45) is 4.72. The second kappa shape index (κ2) is 8.35. The molecule has 2 fully saturated rings. The molecule has 1 saturated carbocycles. The topological polar surface area (TPSA) is 78.3 Å². The maximum Gasteiger partial charge on any atom is 0.326 e. The summed E-state index contributed by atoms with van der Waals surface area (Å²) in [5, 5.41) is 9.77. The third-order valence-electron chi connectivity index (χ3n) is 7.05. The summed E-state index contributed by atoms with van der Waals surface area (Å²) in [5.41, 5.74) is 3.39. The van der Waals surface area contributed by atoms with E-state index in [0.29, 0.717) is 17.0 Å². The molecule has 1 aliphatic heterocycles. The maximum absolute atomic E-state index is 13.1. The van der Waals surface area contributed by atoms with Crippen LogP contribution < -0.4 is 5.69 Å². The van der Waals surface area contributed by atoms with Crippen LogP contribution in [0, 0.1) is 0 Å². The van der Waals surface area contributed by atoms with Crippen LogP contribution >= 0.6 is 0 Å². The van der Waals surface area contributed by atoms with E-state index in [2.05, 4.69) is 29.2 Å². The second-order valence-corrected chi connectivity index (χ2v) is 8.97. The van der Waals surface area contributed by atoms with Crippen LogP contribution in [0.1, 0.15) is 66.4 Å². The summed E-state index contributed by atoms with van der Waals surface area (Å²) < 4.78 is 1.81. The van der Waals surface area contributed by atoms with Gasteiger partial charge < -0.3 is 15.0 Å². The van der Waals surface area contributed by atoms with E-state index in [-0.39, 0.29) is 23.7 Å². The lowest BCUT2D eigenvalue weighted by molar-refractivity contribution is 0.0713. The molecular weight excluding hydrogens is 390 g/mol. The Kier molecular flexibility index (Phi) is 5.40. The van der Waals surface area contributed by atoms with E-state index in [1.54, 1.807) is 4.57 Å². The molecule has 1 aliphatic carbocycles. The molecular formula is C25H29N3O3. The number of hydrogen-bond acceptors (Lipinski definition) is 3. The predicted molar refractivity (Wildman–Crippen MR) is 120 cm³/mol. The number of nitrogens with zero attached hydrogens (tertiary/aromatic N) is 2. The van der Waals surface area contributed by atoms with Crippen LogP contribution in [0.2, 0.25) is 0 Å². The Morgan fingerprint density at radius 2 is 1.65 bits per heavy atom. The smallest absolute Gasteiger partial charge is 0.326 e. The Labute approximate surface area is 181 Å². The van der Waals surface area contributed by atoms with Gasteiger partial charge in [0.15, 0.2) is 0 Å². The summed E-state index contributed by atoms with van der Waals surface area (Å²) in [7, 11) is 0. The van der Waals surface area contributed by atoms with E-state index < -0.39 is 0 Å². The first kappa shape index (κ1) is 20.1. The molecule has 2 aromatic carbocycles. The van der Waals surface area contributed by atoms with Crippen molar-refractivity contribution in [2.75, 3.05) is 13.1 Å². The van der Waals surface area contributed by atoms with Crippen LogP contribution in [-0.4, -0.2) is 44.7 Å². The molecule has 0 bridgehead atoms.